The zero-order chi connectivity index (χ0) is 15.0. The predicted octanol–water partition coefficient (Wildman–Crippen LogP) is 0.438. The van der Waals surface area contributed by atoms with Crippen molar-refractivity contribution >= 4 is 23.8 Å². The van der Waals surface area contributed by atoms with Crippen LogP contribution < -0.4 is 5.32 Å². The first kappa shape index (κ1) is 14.2. The summed E-state index contributed by atoms with van der Waals surface area (Å²) >= 11 is 1.81. The summed E-state index contributed by atoms with van der Waals surface area (Å²) in [5, 5.41) is 19.1. The number of urea groups is 1. The third-order valence-corrected chi connectivity index (χ3v) is 5.47. The minimum Gasteiger partial charge on any atom is -0.476 e. The van der Waals surface area contributed by atoms with Gasteiger partial charge in [0.1, 0.15) is 0 Å². The van der Waals surface area contributed by atoms with Gasteiger partial charge in [-0.15, -0.1) is 5.10 Å². The highest BCUT2D eigenvalue weighted by Gasteiger charge is 2.43. The van der Waals surface area contributed by atoms with Crippen LogP contribution in [0.5, 0.6) is 0 Å². The average Bonchev–Trinajstić information content (AvgIpc) is 3.03. The number of likely N-dealkylation sites (tertiary alicyclic amines) is 1. The topological polar surface area (TPSA) is 100 Å². The van der Waals surface area contributed by atoms with Gasteiger partial charge in [-0.1, -0.05) is 5.21 Å². The van der Waals surface area contributed by atoms with Crippen molar-refractivity contribution in [2.45, 2.75) is 23.6 Å². The van der Waals surface area contributed by atoms with Gasteiger partial charge in [0.15, 0.2) is 5.69 Å². The van der Waals surface area contributed by atoms with Gasteiger partial charge in [0, 0.05) is 24.4 Å². The van der Waals surface area contributed by atoms with E-state index in [2.05, 4.69) is 21.9 Å². The highest BCUT2D eigenvalue weighted by molar-refractivity contribution is 8.00. The van der Waals surface area contributed by atoms with Gasteiger partial charge in [0.2, 0.25) is 0 Å². The Morgan fingerprint density at radius 2 is 2.24 bits per heavy atom. The van der Waals surface area contributed by atoms with Gasteiger partial charge in [-0.3, -0.25) is 0 Å². The lowest BCUT2D eigenvalue weighted by atomic mass is 10.1. The van der Waals surface area contributed by atoms with Gasteiger partial charge < -0.3 is 15.3 Å². The Hall–Kier alpha value is -1.77. The second-order valence-corrected chi connectivity index (χ2v) is 6.77. The molecule has 0 spiro atoms. The molecule has 0 radical (unpaired) electrons. The lowest BCUT2D eigenvalue weighted by Gasteiger charge is -2.38. The van der Waals surface area contributed by atoms with Crippen LogP contribution in [0.3, 0.4) is 0 Å². The average molecular weight is 311 g/mol. The summed E-state index contributed by atoms with van der Waals surface area (Å²) in [5.41, 5.74) is -0.0754. The fraction of sp³-hybridized carbons (Fsp3) is 0.667. The van der Waals surface area contributed by atoms with E-state index in [9.17, 15) is 9.59 Å². The van der Waals surface area contributed by atoms with E-state index in [0.717, 1.165) is 12.8 Å². The number of carbonyl (C=O) groups is 2. The van der Waals surface area contributed by atoms with Crippen LogP contribution in [-0.4, -0.2) is 67.6 Å². The number of carboxylic acids is 1. The molecule has 2 fully saturated rings. The van der Waals surface area contributed by atoms with Gasteiger partial charge in [-0.25, -0.2) is 14.3 Å². The predicted molar refractivity (Wildman–Crippen MR) is 76.5 cm³/mol. The summed E-state index contributed by atoms with van der Waals surface area (Å²) in [4.78, 5) is 24.4. The standard InChI is InChI=1S/C12H17N5O3S/c1-21-12(2-3-12)7-13-11(20)16-4-8(5-16)17-6-9(10(18)19)14-15-17/h6,8H,2-5,7H2,1H3,(H,13,20)(H,18,19). The van der Waals surface area contributed by atoms with Crippen LogP contribution in [0.1, 0.15) is 29.4 Å². The van der Waals surface area contributed by atoms with Crippen molar-refractivity contribution in [1.29, 1.82) is 0 Å². The maximum absolute atomic E-state index is 12.0. The van der Waals surface area contributed by atoms with E-state index in [4.69, 9.17) is 5.11 Å². The molecule has 1 saturated carbocycles. The Kier molecular flexibility index (Phi) is 3.52. The normalized spacial score (nSPS) is 20.0. The monoisotopic (exact) mass is 311 g/mol. The number of thioether (sulfide) groups is 1. The first-order valence-corrected chi connectivity index (χ1v) is 7.98. The number of aromatic nitrogens is 3. The maximum atomic E-state index is 12.0. The molecule has 8 nitrogen and oxygen atoms in total. The molecule has 1 aliphatic carbocycles. The number of hydrogen-bond acceptors (Lipinski definition) is 5. The van der Waals surface area contributed by atoms with Crippen molar-refractivity contribution in [3.05, 3.63) is 11.9 Å². The Morgan fingerprint density at radius 1 is 1.52 bits per heavy atom. The summed E-state index contributed by atoms with van der Waals surface area (Å²) in [6.45, 7) is 1.77. The van der Waals surface area contributed by atoms with Crippen LogP contribution in [0, 0.1) is 0 Å². The Labute approximate surface area is 125 Å². The number of nitrogens with one attached hydrogen (secondary N) is 1. The molecule has 1 aromatic rings. The quantitative estimate of drug-likeness (QED) is 0.818. The van der Waals surface area contributed by atoms with Crippen LogP contribution in [-0.2, 0) is 0 Å². The molecule has 1 aromatic heterocycles. The number of aromatic carboxylic acids is 1. The number of carboxylic acid groups (broad SMARTS) is 1. The van der Waals surface area contributed by atoms with Gasteiger partial charge in [-0.2, -0.15) is 11.8 Å². The molecule has 2 N–H and O–H groups in total. The zero-order valence-electron chi connectivity index (χ0n) is 11.7. The van der Waals surface area contributed by atoms with E-state index in [1.165, 1.54) is 10.9 Å². The molecule has 3 rings (SSSR count). The second kappa shape index (κ2) is 5.21. The summed E-state index contributed by atoms with van der Waals surface area (Å²) in [6.07, 6.45) is 5.79. The molecule has 0 bridgehead atoms. The van der Waals surface area contributed by atoms with Crippen molar-refractivity contribution in [3.8, 4) is 0 Å². The van der Waals surface area contributed by atoms with Crippen LogP contribution >= 0.6 is 11.8 Å². The summed E-state index contributed by atoms with van der Waals surface area (Å²) in [5.74, 6) is -1.10. The van der Waals surface area contributed by atoms with Crippen LogP contribution in [0.4, 0.5) is 4.79 Å². The summed E-state index contributed by atoms with van der Waals surface area (Å²) < 4.78 is 1.76. The molecule has 2 amide bonds. The van der Waals surface area contributed by atoms with Crippen molar-refractivity contribution in [2.75, 3.05) is 25.9 Å². The highest BCUT2D eigenvalue weighted by atomic mass is 32.2. The van der Waals surface area contributed by atoms with Crippen LogP contribution in [0.25, 0.3) is 0 Å². The molecular formula is C12H17N5O3S. The number of hydrogen-bond donors (Lipinski definition) is 2. The zero-order valence-corrected chi connectivity index (χ0v) is 12.5. The SMILES string of the molecule is CSC1(CNC(=O)N2CC(n3cc(C(=O)O)nn3)C2)CC1. The van der Waals surface area contributed by atoms with E-state index in [1.54, 1.807) is 4.90 Å². The Balaban J connectivity index is 1.46. The molecule has 0 atom stereocenters. The van der Waals surface area contributed by atoms with Crippen molar-refractivity contribution in [2.24, 2.45) is 0 Å². The molecule has 21 heavy (non-hydrogen) atoms. The molecule has 0 aromatic carbocycles. The van der Waals surface area contributed by atoms with Gasteiger partial charge in [0.05, 0.1) is 12.2 Å². The molecular weight excluding hydrogens is 294 g/mol. The molecule has 1 aliphatic heterocycles. The smallest absolute Gasteiger partial charge is 0.358 e. The van der Waals surface area contributed by atoms with Gasteiger partial charge in [-0.05, 0) is 19.1 Å². The van der Waals surface area contributed by atoms with E-state index >= 15 is 0 Å². The van der Waals surface area contributed by atoms with E-state index < -0.39 is 5.97 Å². The maximum Gasteiger partial charge on any atom is 0.358 e. The van der Waals surface area contributed by atoms with Crippen molar-refractivity contribution in [1.82, 2.24) is 25.2 Å². The highest BCUT2D eigenvalue weighted by Crippen LogP contribution is 2.46. The fourth-order valence-corrected chi connectivity index (χ4v) is 3.01. The van der Waals surface area contributed by atoms with Crippen LogP contribution in [0.15, 0.2) is 6.20 Å². The first-order valence-electron chi connectivity index (χ1n) is 6.76. The van der Waals surface area contributed by atoms with E-state index in [1.807, 2.05) is 11.8 Å². The lowest BCUT2D eigenvalue weighted by Crippen LogP contribution is -2.55. The first-order chi connectivity index (χ1) is 10.0. The third kappa shape index (κ3) is 2.82. The number of nitrogens with zero attached hydrogens (tertiary/aromatic N) is 4. The summed E-state index contributed by atoms with van der Waals surface area (Å²) in [6, 6.07) is -0.0584. The molecule has 1 saturated heterocycles. The number of carbonyl (C=O) groups excluding carboxylic acids is 1. The van der Waals surface area contributed by atoms with E-state index in [0.29, 0.717) is 19.6 Å². The largest absolute Gasteiger partial charge is 0.476 e. The minimum atomic E-state index is -1.10. The Bertz CT molecular complexity index is 565. The lowest BCUT2D eigenvalue weighted by molar-refractivity contribution is 0.0690. The summed E-state index contributed by atoms with van der Waals surface area (Å²) in [7, 11) is 0. The minimum absolute atomic E-state index is 0.00628. The third-order valence-electron chi connectivity index (χ3n) is 4.06. The molecule has 114 valence electrons. The molecule has 9 heteroatoms. The van der Waals surface area contributed by atoms with Crippen LogP contribution in [0.2, 0.25) is 0 Å². The van der Waals surface area contributed by atoms with E-state index in [-0.39, 0.29) is 22.5 Å². The van der Waals surface area contributed by atoms with Crippen molar-refractivity contribution in [3.63, 3.8) is 0 Å². The molecule has 2 aliphatic rings. The van der Waals surface area contributed by atoms with Gasteiger partial charge in [0.25, 0.3) is 0 Å². The number of rotatable bonds is 5. The molecule has 2 heterocycles. The van der Waals surface area contributed by atoms with Gasteiger partial charge >= 0.3 is 12.0 Å². The second-order valence-electron chi connectivity index (χ2n) is 5.49. The fourth-order valence-electron chi connectivity index (χ4n) is 2.28. The number of amides is 2. The van der Waals surface area contributed by atoms with Crippen molar-refractivity contribution < 1.29 is 14.7 Å². The Morgan fingerprint density at radius 3 is 2.76 bits per heavy atom. The molecule has 0 unspecified atom stereocenters.